The third kappa shape index (κ3) is 3.31. The molecule has 0 aromatic heterocycles. The molecule has 0 radical (unpaired) electrons. The van der Waals surface area contributed by atoms with Gasteiger partial charge in [-0.05, 0) is 42.9 Å². The van der Waals surface area contributed by atoms with E-state index in [2.05, 4.69) is 12.2 Å². The minimum atomic E-state index is -0.223. The minimum Gasteiger partial charge on any atom is -0.378 e. The maximum Gasteiger partial charge on any atom is 0.230 e. The van der Waals surface area contributed by atoms with Crippen molar-refractivity contribution in [1.82, 2.24) is 10.2 Å². The van der Waals surface area contributed by atoms with Crippen LogP contribution in [0.4, 0.5) is 0 Å². The molecular formula is C19H30N2O4. The van der Waals surface area contributed by atoms with Crippen molar-refractivity contribution in [2.45, 2.75) is 26.2 Å². The second-order valence-corrected chi connectivity index (χ2v) is 8.13. The van der Waals surface area contributed by atoms with Crippen LogP contribution in [-0.2, 0) is 19.1 Å². The number of amides is 2. The molecule has 5 aliphatic rings. The summed E-state index contributed by atoms with van der Waals surface area (Å²) in [5.41, 5.74) is 0. The van der Waals surface area contributed by atoms with Gasteiger partial charge in [0, 0.05) is 25.6 Å². The van der Waals surface area contributed by atoms with Crippen LogP contribution in [0.2, 0.25) is 0 Å². The first-order valence-electron chi connectivity index (χ1n) is 9.92. The molecule has 0 aromatic rings. The van der Waals surface area contributed by atoms with E-state index in [1.165, 1.54) is 12.8 Å². The van der Waals surface area contributed by atoms with E-state index in [-0.39, 0.29) is 23.7 Å². The second-order valence-electron chi connectivity index (χ2n) is 8.13. The molecule has 5 rings (SSSR count). The van der Waals surface area contributed by atoms with Gasteiger partial charge in [-0.15, -0.1) is 0 Å². The Morgan fingerprint density at radius 1 is 1.08 bits per heavy atom. The maximum absolute atomic E-state index is 12.7. The molecule has 4 saturated carbocycles. The molecule has 1 saturated heterocycles. The zero-order valence-electron chi connectivity index (χ0n) is 15.1. The number of carbonyl (C=O) groups is 2. The fourth-order valence-electron chi connectivity index (χ4n) is 5.51. The average Bonchev–Trinajstić information content (AvgIpc) is 2.88. The van der Waals surface area contributed by atoms with E-state index in [1.54, 1.807) is 0 Å². The molecule has 4 aliphatic carbocycles. The van der Waals surface area contributed by atoms with E-state index in [0.717, 1.165) is 18.3 Å². The summed E-state index contributed by atoms with van der Waals surface area (Å²) < 4.78 is 10.9. The predicted octanol–water partition coefficient (Wildman–Crippen LogP) is 0.906. The van der Waals surface area contributed by atoms with Crippen LogP contribution < -0.4 is 5.32 Å². The Kier molecular flexibility index (Phi) is 5.00. The number of hydrogen-bond acceptors (Lipinski definition) is 4. The van der Waals surface area contributed by atoms with Gasteiger partial charge in [0.2, 0.25) is 11.8 Å². The van der Waals surface area contributed by atoms with Crippen molar-refractivity contribution in [2.24, 2.45) is 35.5 Å². The zero-order valence-corrected chi connectivity index (χ0v) is 15.1. The topological polar surface area (TPSA) is 67.9 Å². The van der Waals surface area contributed by atoms with Crippen molar-refractivity contribution in [3.05, 3.63) is 0 Å². The van der Waals surface area contributed by atoms with Crippen molar-refractivity contribution < 1.29 is 19.1 Å². The number of carbonyl (C=O) groups excluding carboxylic acids is 2. The van der Waals surface area contributed by atoms with Gasteiger partial charge in [-0.3, -0.25) is 9.59 Å². The molecule has 1 heterocycles. The van der Waals surface area contributed by atoms with Crippen LogP contribution in [0.5, 0.6) is 0 Å². The normalized spacial score (nSPS) is 36.1. The zero-order chi connectivity index (χ0) is 17.4. The summed E-state index contributed by atoms with van der Waals surface area (Å²) >= 11 is 0. The van der Waals surface area contributed by atoms with Crippen molar-refractivity contribution in [1.29, 1.82) is 0 Å². The van der Waals surface area contributed by atoms with Gasteiger partial charge in [0.05, 0.1) is 32.3 Å². The van der Waals surface area contributed by atoms with Gasteiger partial charge >= 0.3 is 0 Å². The molecule has 1 N–H and O–H groups in total. The fourth-order valence-corrected chi connectivity index (χ4v) is 5.51. The Balaban J connectivity index is 1.25. The summed E-state index contributed by atoms with van der Waals surface area (Å²) in [5, 5.41) is 3.10. The molecule has 3 unspecified atom stereocenters. The lowest BCUT2D eigenvalue weighted by atomic mass is 9.97. The number of rotatable bonds is 7. The van der Waals surface area contributed by atoms with Crippen LogP contribution in [0.1, 0.15) is 26.2 Å². The highest BCUT2D eigenvalue weighted by molar-refractivity contribution is 5.81. The molecule has 3 atom stereocenters. The van der Waals surface area contributed by atoms with Gasteiger partial charge in [0.1, 0.15) is 0 Å². The molecule has 5 fully saturated rings. The molecule has 25 heavy (non-hydrogen) atoms. The van der Waals surface area contributed by atoms with Crippen molar-refractivity contribution in [3.63, 3.8) is 0 Å². The summed E-state index contributed by atoms with van der Waals surface area (Å²) in [6, 6.07) is 0. The lowest BCUT2D eigenvalue weighted by Gasteiger charge is -2.26. The Labute approximate surface area is 149 Å². The molecule has 0 spiro atoms. The predicted molar refractivity (Wildman–Crippen MR) is 91.7 cm³/mol. The van der Waals surface area contributed by atoms with Crippen molar-refractivity contribution >= 4 is 11.8 Å². The van der Waals surface area contributed by atoms with Crippen LogP contribution >= 0.6 is 0 Å². The van der Waals surface area contributed by atoms with E-state index in [1.807, 2.05) is 4.90 Å². The van der Waals surface area contributed by atoms with Crippen LogP contribution in [0.15, 0.2) is 0 Å². The summed E-state index contributed by atoms with van der Waals surface area (Å²) in [5.74, 6) is 3.37. The average molecular weight is 350 g/mol. The Morgan fingerprint density at radius 3 is 2.32 bits per heavy atom. The van der Waals surface area contributed by atoms with E-state index in [4.69, 9.17) is 9.47 Å². The van der Waals surface area contributed by atoms with Crippen LogP contribution in [0, 0.1) is 35.5 Å². The summed E-state index contributed by atoms with van der Waals surface area (Å²) in [6.07, 6.45) is 3.45. The first-order valence-corrected chi connectivity index (χ1v) is 9.92. The number of ether oxygens (including phenoxy) is 2. The summed E-state index contributed by atoms with van der Waals surface area (Å²) in [6.45, 7) is 5.87. The lowest BCUT2D eigenvalue weighted by molar-refractivity contribution is -0.138. The van der Waals surface area contributed by atoms with E-state index in [9.17, 15) is 9.59 Å². The standard InChI is InChI=1S/C19H30N2O4/c1-2-4-21(19(23)13-10-24-6-7-25-11-13)5-3-20-18(22)16-12-8-14-15(9-12)17(14)16/h12-17H,2-11H2,1H3,(H,20,22). The monoisotopic (exact) mass is 350 g/mol. The molecular weight excluding hydrogens is 320 g/mol. The van der Waals surface area contributed by atoms with Crippen molar-refractivity contribution in [3.8, 4) is 0 Å². The van der Waals surface area contributed by atoms with Gasteiger partial charge in [-0.25, -0.2) is 0 Å². The third-order valence-corrected chi connectivity index (χ3v) is 6.62. The van der Waals surface area contributed by atoms with Crippen LogP contribution in [-0.4, -0.2) is 62.8 Å². The van der Waals surface area contributed by atoms with Gasteiger partial charge in [-0.2, -0.15) is 0 Å². The van der Waals surface area contributed by atoms with Crippen LogP contribution in [0.25, 0.3) is 0 Å². The van der Waals surface area contributed by atoms with E-state index < -0.39 is 0 Å². The lowest BCUT2D eigenvalue weighted by Crippen LogP contribution is -2.44. The first-order chi connectivity index (χ1) is 12.2. The number of hydrogen-bond donors (Lipinski definition) is 1. The molecule has 140 valence electrons. The van der Waals surface area contributed by atoms with Crippen molar-refractivity contribution in [2.75, 3.05) is 46.1 Å². The van der Waals surface area contributed by atoms with Gasteiger partial charge < -0.3 is 19.7 Å². The molecule has 6 nitrogen and oxygen atoms in total. The SMILES string of the molecule is CCCN(CCNC(=O)C1C2CC3C(C2)C31)C(=O)C1COCCOC1. The fraction of sp³-hybridized carbons (Fsp3) is 0.895. The quantitative estimate of drug-likeness (QED) is 0.741. The largest absolute Gasteiger partial charge is 0.378 e. The van der Waals surface area contributed by atoms with Gasteiger partial charge in [0.25, 0.3) is 0 Å². The summed E-state index contributed by atoms with van der Waals surface area (Å²) in [7, 11) is 0. The Hall–Kier alpha value is -1.14. The molecule has 1 aliphatic heterocycles. The second kappa shape index (κ2) is 7.23. The van der Waals surface area contributed by atoms with E-state index in [0.29, 0.717) is 57.9 Å². The van der Waals surface area contributed by atoms with Crippen LogP contribution in [0.3, 0.4) is 0 Å². The Morgan fingerprint density at radius 2 is 1.76 bits per heavy atom. The number of nitrogens with zero attached hydrogens (tertiary/aromatic N) is 1. The number of nitrogens with one attached hydrogen (secondary N) is 1. The molecule has 2 amide bonds. The summed E-state index contributed by atoms with van der Waals surface area (Å²) in [4.78, 5) is 27.1. The van der Waals surface area contributed by atoms with E-state index >= 15 is 0 Å². The Bertz CT molecular complexity index is 504. The highest BCUT2D eigenvalue weighted by atomic mass is 16.5. The smallest absolute Gasteiger partial charge is 0.230 e. The molecule has 4 bridgehead atoms. The highest BCUT2D eigenvalue weighted by Gasteiger charge is 2.70. The first kappa shape index (κ1) is 17.3. The van der Waals surface area contributed by atoms with Gasteiger partial charge in [0.15, 0.2) is 0 Å². The van der Waals surface area contributed by atoms with Gasteiger partial charge in [-0.1, -0.05) is 6.92 Å². The highest BCUT2D eigenvalue weighted by Crippen LogP contribution is 2.73. The maximum atomic E-state index is 12.7. The third-order valence-electron chi connectivity index (χ3n) is 6.62. The molecule has 6 heteroatoms. The molecule has 0 aromatic carbocycles. The minimum absolute atomic E-state index is 0.0865.